The van der Waals surface area contributed by atoms with E-state index in [-0.39, 0.29) is 16.8 Å². The predicted molar refractivity (Wildman–Crippen MR) is 136 cm³/mol. The van der Waals surface area contributed by atoms with Crippen molar-refractivity contribution in [2.75, 3.05) is 7.05 Å². The Balaban J connectivity index is 1.68. The van der Waals surface area contributed by atoms with Crippen molar-refractivity contribution in [3.8, 4) is 0 Å². The first-order chi connectivity index (χ1) is 16.5. The molecule has 2 aliphatic rings. The maximum Gasteiger partial charge on any atom is 0.270 e. The predicted octanol–water partition coefficient (Wildman–Crippen LogP) is 7.17. The maximum absolute atomic E-state index is 13.7. The summed E-state index contributed by atoms with van der Waals surface area (Å²) >= 11 is 0. The lowest BCUT2D eigenvalue weighted by Crippen LogP contribution is -2.21. The summed E-state index contributed by atoms with van der Waals surface area (Å²) in [5.74, 6) is -3.16. The molecule has 0 aromatic heterocycles. The Kier molecular flexibility index (Phi) is 6.75. The van der Waals surface area contributed by atoms with E-state index in [2.05, 4.69) is 42.6 Å². The molecule has 2 aromatic carbocycles. The Bertz CT molecular complexity index is 1230. The highest BCUT2D eigenvalue weighted by atomic mass is 19.3. The summed E-state index contributed by atoms with van der Waals surface area (Å²) in [7, 11) is 1.92. The topological polar surface area (TPSA) is 27.6 Å². The van der Waals surface area contributed by atoms with Gasteiger partial charge in [-0.15, -0.1) is 0 Å². The Labute approximate surface area is 205 Å². The van der Waals surface area contributed by atoms with E-state index in [1.54, 1.807) is 30.5 Å². The van der Waals surface area contributed by atoms with E-state index >= 15 is 0 Å². The van der Waals surface area contributed by atoms with Gasteiger partial charge in [0.1, 0.15) is 5.82 Å². The summed E-state index contributed by atoms with van der Waals surface area (Å²) in [4.78, 5) is 1.97. The molecule has 0 saturated carbocycles. The van der Waals surface area contributed by atoms with Gasteiger partial charge in [0.2, 0.25) is 0 Å². The van der Waals surface area contributed by atoms with Crippen molar-refractivity contribution >= 4 is 11.8 Å². The van der Waals surface area contributed by atoms with E-state index in [0.29, 0.717) is 6.54 Å². The van der Waals surface area contributed by atoms with Crippen molar-refractivity contribution in [1.82, 2.24) is 10.3 Å². The lowest BCUT2D eigenvalue weighted by Gasteiger charge is -2.27. The molecule has 1 aliphatic carbocycles. The molecule has 0 atom stereocenters. The van der Waals surface area contributed by atoms with Crippen LogP contribution in [0.4, 0.5) is 13.2 Å². The number of alkyl halides is 2. The first kappa shape index (κ1) is 24.6. The van der Waals surface area contributed by atoms with Crippen LogP contribution in [0.5, 0.6) is 0 Å². The highest BCUT2D eigenvalue weighted by molar-refractivity contribution is 6.02. The number of nitrogens with zero attached hydrogens (tertiary/aromatic N) is 2. The second kappa shape index (κ2) is 9.61. The van der Waals surface area contributed by atoms with Crippen molar-refractivity contribution in [1.29, 1.82) is 0 Å². The molecular formula is C29H30F3N3. The van der Waals surface area contributed by atoms with E-state index < -0.39 is 5.92 Å². The van der Waals surface area contributed by atoms with E-state index in [9.17, 15) is 13.2 Å². The third-order valence-corrected chi connectivity index (χ3v) is 6.17. The Morgan fingerprint density at radius 2 is 1.77 bits per heavy atom. The number of hydrazone groups is 1. The van der Waals surface area contributed by atoms with Gasteiger partial charge in [0, 0.05) is 43.4 Å². The largest absolute Gasteiger partial charge is 0.374 e. The Morgan fingerprint density at radius 1 is 1.09 bits per heavy atom. The normalized spacial score (nSPS) is 18.5. The van der Waals surface area contributed by atoms with Gasteiger partial charge in [0.25, 0.3) is 5.92 Å². The summed E-state index contributed by atoms with van der Waals surface area (Å²) in [6.07, 6.45) is 11.2. The van der Waals surface area contributed by atoms with Crippen molar-refractivity contribution in [3.63, 3.8) is 0 Å². The molecule has 4 rings (SSSR count). The lowest BCUT2D eigenvalue weighted by molar-refractivity contribution is 0.0174. The van der Waals surface area contributed by atoms with Gasteiger partial charge < -0.3 is 4.90 Å². The number of halogens is 3. The average molecular weight is 478 g/mol. The third-order valence-electron chi connectivity index (χ3n) is 6.17. The number of rotatable bonds is 6. The van der Waals surface area contributed by atoms with Crippen LogP contribution in [0.25, 0.3) is 5.57 Å². The van der Waals surface area contributed by atoms with Gasteiger partial charge in [-0.2, -0.15) is 5.10 Å². The van der Waals surface area contributed by atoms with Crippen LogP contribution in [0, 0.1) is 11.2 Å². The van der Waals surface area contributed by atoms with Gasteiger partial charge in [-0.05, 0) is 40.7 Å². The zero-order valence-electron chi connectivity index (χ0n) is 20.4. The summed E-state index contributed by atoms with van der Waals surface area (Å²) < 4.78 is 40.8. The summed E-state index contributed by atoms with van der Waals surface area (Å²) in [6, 6.07) is 12.8. The van der Waals surface area contributed by atoms with Crippen LogP contribution >= 0.6 is 0 Å². The van der Waals surface area contributed by atoms with Crippen LogP contribution in [0.2, 0.25) is 0 Å². The number of hydrogen-bond donors (Lipinski definition) is 1. The minimum Gasteiger partial charge on any atom is -0.374 e. The summed E-state index contributed by atoms with van der Waals surface area (Å²) in [5.41, 5.74) is 8.68. The van der Waals surface area contributed by atoms with Crippen LogP contribution in [0.1, 0.15) is 43.9 Å². The molecule has 1 aliphatic heterocycles. The molecule has 3 nitrogen and oxygen atoms in total. The van der Waals surface area contributed by atoms with E-state index in [1.807, 2.05) is 18.1 Å². The van der Waals surface area contributed by atoms with Crippen molar-refractivity contribution in [3.05, 3.63) is 112 Å². The molecule has 1 heterocycles. The van der Waals surface area contributed by atoms with Crippen LogP contribution in [0.15, 0.2) is 94.9 Å². The molecule has 0 unspecified atom stereocenters. The molecule has 6 heteroatoms. The SMILES string of the molecule is CN(/C=C1\NN=CC(C2=CCC(C)(C)C=C2)=C1c1ccc(F)cc1)Cc1ccc(C(C)(F)F)cc1. The van der Waals surface area contributed by atoms with Crippen LogP contribution in [-0.4, -0.2) is 18.2 Å². The highest BCUT2D eigenvalue weighted by Crippen LogP contribution is 2.36. The van der Waals surface area contributed by atoms with Gasteiger partial charge >= 0.3 is 0 Å². The Morgan fingerprint density at radius 3 is 2.37 bits per heavy atom. The molecule has 0 bridgehead atoms. The Hall–Kier alpha value is -3.54. The number of benzene rings is 2. The first-order valence-electron chi connectivity index (χ1n) is 11.6. The molecule has 2 aromatic rings. The zero-order chi connectivity index (χ0) is 25.2. The molecule has 0 spiro atoms. The van der Waals surface area contributed by atoms with Crippen LogP contribution in [-0.2, 0) is 12.5 Å². The van der Waals surface area contributed by atoms with Crippen LogP contribution in [0.3, 0.4) is 0 Å². The number of nitrogens with one attached hydrogen (secondary N) is 1. The van der Waals surface area contributed by atoms with Crippen LogP contribution < -0.4 is 5.43 Å². The molecule has 0 fully saturated rings. The minimum absolute atomic E-state index is 0.00583. The second-order valence-electron chi connectivity index (χ2n) is 9.89. The molecular weight excluding hydrogens is 447 g/mol. The molecule has 35 heavy (non-hydrogen) atoms. The van der Waals surface area contributed by atoms with E-state index in [0.717, 1.165) is 46.9 Å². The van der Waals surface area contributed by atoms with Gasteiger partial charge in [-0.3, -0.25) is 5.43 Å². The summed E-state index contributed by atoms with van der Waals surface area (Å²) in [6.45, 7) is 5.80. The fraction of sp³-hybridized carbons (Fsp3) is 0.276. The quantitative estimate of drug-likeness (QED) is 0.478. The van der Waals surface area contributed by atoms with Crippen molar-refractivity contribution in [2.24, 2.45) is 10.5 Å². The fourth-order valence-electron chi connectivity index (χ4n) is 4.15. The molecule has 0 radical (unpaired) electrons. The fourth-order valence-corrected chi connectivity index (χ4v) is 4.15. The van der Waals surface area contributed by atoms with Crippen molar-refractivity contribution in [2.45, 2.75) is 39.7 Å². The van der Waals surface area contributed by atoms with E-state index in [4.69, 9.17) is 0 Å². The highest BCUT2D eigenvalue weighted by Gasteiger charge is 2.24. The number of allylic oxidation sites excluding steroid dienone is 6. The first-order valence-corrected chi connectivity index (χ1v) is 11.6. The summed E-state index contributed by atoms with van der Waals surface area (Å²) in [5, 5.41) is 4.38. The monoisotopic (exact) mass is 477 g/mol. The minimum atomic E-state index is -2.86. The smallest absolute Gasteiger partial charge is 0.270 e. The molecule has 182 valence electrons. The van der Waals surface area contributed by atoms with Gasteiger partial charge in [-0.1, -0.05) is 68.5 Å². The second-order valence-corrected chi connectivity index (χ2v) is 9.89. The third kappa shape index (κ3) is 5.94. The van der Waals surface area contributed by atoms with Gasteiger partial charge in [0.15, 0.2) is 0 Å². The standard InChI is InChI=1S/C29H30F3N3/c1-28(2)15-13-21(14-16-28)25-17-33-34-26(27(25)22-7-11-24(30)12-8-22)19-35(4)18-20-5-9-23(10-6-20)29(3,31)32/h5-15,17,19,34H,16,18H2,1-4H3/b26-19-. The molecule has 0 amide bonds. The molecule has 1 N–H and O–H groups in total. The van der Waals surface area contributed by atoms with Gasteiger partial charge in [0.05, 0.1) is 11.9 Å². The maximum atomic E-state index is 13.7. The number of hydrogen-bond acceptors (Lipinski definition) is 3. The van der Waals surface area contributed by atoms with E-state index in [1.165, 1.54) is 24.3 Å². The average Bonchev–Trinajstić information content (AvgIpc) is 2.79. The molecule has 0 saturated heterocycles. The lowest BCUT2D eigenvalue weighted by atomic mass is 9.81. The van der Waals surface area contributed by atoms with Crippen molar-refractivity contribution < 1.29 is 13.2 Å². The van der Waals surface area contributed by atoms with Gasteiger partial charge in [-0.25, -0.2) is 13.2 Å². The zero-order valence-corrected chi connectivity index (χ0v) is 20.4.